The number of carbonyl (C=O) groups excluding carboxylic acids is 2. The SMILES string of the molecule is CN1CC(=O)N(c2cnn(C)c2)C[C@@]12CCN(C(=O)Nc1ccc(Cl)cc1)C2. The number of urea groups is 1. The van der Waals surface area contributed by atoms with E-state index in [9.17, 15) is 9.59 Å². The van der Waals surface area contributed by atoms with Crippen LogP contribution in [-0.4, -0.2) is 70.3 Å². The topological polar surface area (TPSA) is 73.7 Å². The van der Waals surface area contributed by atoms with Crippen LogP contribution in [0.15, 0.2) is 36.7 Å². The predicted octanol–water partition coefficient (Wildman–Crippen LogP) is 2.03. The van der Waals surface area contributed by atoms with Crippen molar-refractivity contribution in [2.45, 2.75) is 12.0 Å². The molecule has 1 aromatic carbocycles. The van der Waals surface area contributed by atoms with Crippen molar-refractivity contribution in [3.8, 4) is 0 Å². The molecule has 28 heavy (non-hydrogen) atoms. The molecule has 1 aromatic heterocycles. The summed E-state index contributed by atoms with van der Waals surface area (Å²) in [7, 11) is 3.79. The van der Waals surface area contributed by atoms with E-state index in [2.05, 4.69) is 15.3 Å². The fourth-order valence-corrected chi connectivity index (χ4v) is 4.07. The number of hydrogen-bond donors (Lipinski definition) is 1. The summed E-state index contributed by atoms with van der Waals surface area (Å²) in [4.78, 5) is 31.0. The van der Waals surface area contributed by atoms with Crippen LogP contribution in [0.4, 0.5) is 16.2 Å². The summed E-state index contributed by atoms with van der Waals surface area (Å²) in [6.45, 7) is 2.06. The molecule has 2 aliphatic rings. The van der Waals surface area contributed by atoms with E-state index in [1.54, 1.807) is 40.0 Å². The van der Waals surface area contributed by atoms with Crippen LogP contribution in [0.25, 0.3) is 0 Å². The standard InChI is InChI=1S/C19H23ClN6O2/c1-23-11-17(27)26(16-9-21-24(2)10-16)13-19(23)7-8-25(12-19)18(28)22-15-5-3-14(20)4-6-15/h3-6,9-10H,7-8,11-13H2,1-2H3,(H,22,28)/t19-/m0/s1. The van der Waals surface area contributed by atoms with Gasteiger partial charge in [-0.05, 0) is 37.7 Å². The number of benzene rings is 1. The highest BCUT2D eigenvalue weighted by molar-refractivity contribution is 6.30. The molecule has 2 aliphatic heterocycles. The van der Waals surface area contributed by atoms with Crippen molar-refractivity contribution >= 4 is 34.9 Å². The number of nitrogens with zero attached hydrogens (tertiary/aromatic N) is 5. The van der Waals surface area contributed by atoms with E-state index in [0.29, 0.717) is 36.9 Å². The number of anilines is 2. The molecule has 9 heteroatoms. The first-order chi connectivity index (χ1) is 13.4. The Morgan fingerprint density at radius 3 is 2.64 bits per heavy atom. The summed E-state index contributed by atoms with van der Waals surface area (Å²) in [6.07, 6.45) is 4.36. The second-order valence-corrected chi connectivity index (χ2v) is 7.98. The third-order valence-electron chi connectivity index (χ3n) is 5.65. The third-order valence-corrected chi connectivity index (χ3v) is 5.91. The highest BCUT2D eigenvalue weighted by Crippen LogP contribution is 2.33. The van der Waals surface area contributed by atoms with Crippen LogP contribution in [0.1, 0.15) is 6.42 Å². The smallest absolute Gasteiger partial charge is 0.321 e. The molecular weight excluding hydrogens is 380 g/mol. The molecule has 4 rings (SSSR count). The number of piperazine rings is 1. The largest absolute Gasteiger partial charge is 0.323 e. The van der Waals surface area contributed by atoms with E-state index >= 15 is 0 Å². The van der Waals surface area contributed by atoms with Gasteiger partial charge in [0.2, 0.25) is 5.91 Å². The van der Waals surface area contributed by atoms with Gasteiger partial charge in [0.15, 0.2) is 0 Å². The van der Waals surface area contributed by atoms with Gasteiger partial charge in [-0.25, -0.2) is 4.79 Å². The van der Waals surface area contributed by atoms with Gasteiger partial charge >= 0.3 is 6.03 Å². The summed E-state index contributed by atoms with van der Waals surface area (Å²) < 4.78 is 1.69. The zero-order valence-electron chi connectivity index (χ0n) is 15.9. The molecule has 3 heterocycles. The van der Waals surface area contributed by atoms with Crippen molar-refractivity contribution in [2.24, 2.45) is 7.05 Å². The Balaban J connectivity index is 1.48. The summed E-state index contributed by atoms with van der Waals surface area (Å²) in [5, 5.41) is 7.73. The molecule has 3 amide bonds. The van der Waals surface area contributed by atoms with Crippen molar-refractivity contribution in [1.82, 2.24) is 19.6 Å². The number of likely N-dealkylation sites (tertiary alicyclic amines) is 1. The van der Waals surface area contributed by atoms with Crippen molar-refractivity contribution in [2.75, 3.05) is 43.4 Å². The van der Waals surface area contributed by atoms with Gasteiger partial charge in [0.25, 0.3) is 0 Å². The molecule has 2 aromatic rings. The van der Waals surface area contributed by atoms with Gasteiger partial charge in [-0.3, -0.25) is 14.4 Å². The van der Waals surface area contributed by atoms with Crippen molar-refractivity contribution in [1.29, 1.82) is 0 Å². The third kappa shape index (κ3) is 3.45. The number of rotatable bonds is 2. The molecule has 0 bridgehead atoms. The Kier molecular flexibility index (Phi) is 4.76. The van der Waals surface area contributed by atoms with Gasteiger partial charge in [-0.15, -0.1) is 0 Å². The van der Waals surface area contributed by atoms with E-state index in [1.165, 1.54) is 0 Å². The van der Waals surface area contributed by atoms with Crippen LogP contribution < -0.4 is 10.2 Å². The fraction of sp³-hybridized carbons (Fsp3) is 0.421. The summed E-state index contributed by atoms with van der Waals surface area (Å²) >= 11 is 5.90. The van der Waals surface area contributed by atoms with E-state index < -0.39 is 0 Å². The van der Waals surface area contributed by atoms with Gasteiger partial charge in [0.05, 0.1) is 24.0 Å². The number of aryl methyl sites for hydroxylation is 1. The normalized spacial score (nSPS) is 22.9. The molecule has 1 N–H and O–H groups in total. The fourth-order valence-electron chi connectivity index (χ4n) is 3.95. The molecule has 0 radical (unpaired) electrons. The van der Waals surface area contributed by atoms with Gasteiger partial charge in [0.1, 0.15) is 0 Å². The molecule has 8 nitrogen and oxygen atoms in total. The van der Waals surface area contributed by atoms with E-state index in [4.69, 9.17) is 11.6 Å². The van der Waals surface area contributed by atoms with Crippen LogP contribution in [0.5, 0.6) is 0 Å². The van der Waals surface area contributed by atoms with Crippen LogP contribution >= 0.6 is 11.6 Å². The molecule has 0 saturated carbocycles. The monoisotopic (exact) mass is 402 g/mol. The number of amides is 3. The maximum absolute atomic E-state index is 12.7. The first-order valence-electron chi connectivity index (χ1n) is 9.18. The predicted molar refractivity (Wildman–Crippen MR) is 108 cm³/mol. The molecule has 1 spiro atoms. The maximum atomic E-state index is 12.7. The molecule has 0 aliphatic carbocycles. The number of hydrogen-bond acceptors (Lipinski definition) is 4. The quantitative estimate of drug-likeness (QED) is 0.834. The first kappa shape index (κ1) is 18.8. The van der Waals surface area contributed by atoms with Gasteiger partial charge in [-0.1, -0.05) is 11.6 Å². The number of likely N-dealkylation sites (N-methyl/N-ethyl adjacent to an activating group) is 1. The summed E-state index contributed by atoms with van der Waals surface area (Å²) in [5.74, 6) is 0.0465. The zero-order valence-corrected chi connectivity index (χ0v) is 16.7. The van der Waals surface area contributed by atoms with Gasteiger partial charge < -0.3 is 15.1 Å². The van der Waals surface area contributed by atoms with Gasteiger partial charge in [-0.2, -0.15) is 5.10 Å². The van der Waals surface area contributed by atoms with Crippen LogP contribution in [-0.2, 0) is 11.8 Å². The van der Waals surface area contributed by atoms with Crippen molar-refractivity contribution in [3.63, 3.8) is 0 Å². The van der Waals surface area contributed by atoms with Crippen LogP contribution in [0.3, 0.4) is 0 Å². The summed E-state index contributed by atoms with van der Waals surface area (Å²) in [5.41, 5.74) is 1.24. The Labute approximate surface area is 168 Å². The Morgan fingerprint density at radius 1 is 1.21 bits per heavy atom. The lowest BCUT2D eigenvalue weighted by Crippen LogP contribution is -2.64. The maximum Gasteiger partial charge on any atom is 0.321 e. The molecule has 1 atom stereocenters. The van der Waals surface area contributed by atoms with E-state index in [-0.39, 0.29) is 17.5 Å². The minimum Gasteiger partial charge on any atom is -0.323 e. The second kappa shape index (κ2) is 7.10. The average molecular weight is 403 g/mol. The highest BCUT2D eigenvalue weighted by atomic mass is 35.5. The van der Waals surface area contributed by atoms with E-state index in [1.807, 2.05) is 25.2 Å². The molecular formula is C19H23ClN6O2. The van der Waals surface area contributed by atoms with Crippen LogP contribution in [0.2, 0.25) is 5.02 Å². The minimum absolute atomic E-state index is 0.0465. The zero-order chi connectivity index (χ0) is 19.9. The number of halogens is 1. The molecule has 2 saturated heterocycles. The number of aromatic nitrogens is 2. The Morgan fingerprint density at radius 2 is 1.96 bits per heavy atom. The molecule has 0 unspecified atom stereocenters. The number of nitrogens with one attached hydrogen (secondary N) is 1. The Hall–Kier alpha value is -2.58. The Bertz CT molecular complexity index is 898. The molecule has 2 fully saturated rings. The average Bonchev–Trinajstić information content (AvgIpc) is 3.28. The lowest BCUT2D eigenvalue weighted by atomic mass is 9.93. The van der Waals surface area contributed by atoms with E-state index in [0.717, 1.165) is 12.1 Å². The van der Waals surface area contributed by atoms with Gasteiger partial charge in [0, 0.05) is 43.6 Å². The summed E-state index contributed by atoms with van der Waals surface area (Å²) in [6, 6.07) is 6.91. The van der Waals surface area contributed by atoms with Crippen molar-refractivity contribution < 1.29 is 9.59 Å². The lowest BCUT2D eigenvalue weighted by Gasteiger charge is -2.46. The first-order valence-corrected chi connectivity index (χ1v) is 9.56. The minimum atomic E-state index is -0.263. The lowest BCUT2D eigenvalue weighted by molar-refractivity contribution is -0.123. The second-order valence-electron chi connectivity index (χ2n) is 7.54. The highest BCUT2D eigenvalue weighted by Gasteiger charge is 2.48. The number of carbonyl (C=O) groups is 2. The van der Waals surface area contributed by atoms with Crippen LogP contribution in [0, 0.1) is 0 Å². The van der Waals surface area contributed by atoms with Crippen molar-refractivity contribution in [3.05, 3.63) is 41.7 Å². The molecule has 148 valence electrons.